The largest absolute Gasteiger partial charge is 0.479 e. The second-order valence-corrected chi connectivity index (χ2v) is 7.70. The van der Waals surface area contributed by atoms with Crippen LogP contribution in [0.5, 0.6) is 5.75 Å². The molecule has 0 bridgehead atoms. The summed E-state index contributed by atoms with van der Waals surface area (Å²) in [5.74, 6) is 0.445. The molecule has 6 heteroatoms. The second-order valence-electron chi connectivity index (χ2n) is 7.29. The Bertz CT molecular complexity index is 598. The minimum Gasteiger partial charge on any atom is -0.479 e. The molecule has 2 aliphatic rings. The van der Waals surface area contributed by atoms with Crippen LogP contribution in [0.1, 0.15) is 39.0 Å². The summed E-state index contributed by atoms with van der Waals surface area (Å²) < 4.78 is 11.3. The van der Waals surface area contributed by atoms with Gasteiger partial charge in [-0.15, -0.1) is 0 Å². The van der Waals surface area contributed by atoms with Crippen molar-refractivity contribution >= 4 is 17.5 Å². The van der Waals surface area contributed by atoms with Gasteiger partial charge in [-0.1, -0.05) is 43.0 Å². The molecule has 3 rings (SSSR count). The van der Waals surface area contributed by atoms with Gasteiger partial charge in [-0.2, -0.15) is 0 Å². The number of hydrogen-bond donors (Lipinski definition) is 1. The Balaban J connectivity index is 1.59. The van der Waals surface area contributed by atoms with Crippen molar-refractivity contribution in [2.24, 2.45) is 0 Å². The van der Waals surface area contributed by atoms with Gasteiger partial charge in [0.25, 0.3) is 5.91 Å². The molecular weight excluding hydrogens is 352 g/mol. The molecule has 1 aromatic rings. The van der Waals surface area contributed by atoms with Crippen LogP contribution in [0.15, 0.2) is 24.3 Å². The molecule has 26 heavy (non-hydrogen) atoms. The fourth-order valence-electron chi connectivity index (χ4n) is 4.03. The molecule has 0 radical (unpaired) electrons. The van der Waals surface area contributed by atoms with Crippen LogP contribution in [0.4, 0.5) is 0 Å². The van der Waals surface area contributed by atoms with Crippen molar-refractivity contribution in [1.29, 1.82) is 0 Å². The number of nitrogens with zero attached hydrogens (tertiary/aromatic N) is 1. The van der Waals surface area contributed by atoms with Gasteiger partial charge in [-0.25, -0.2) is 0 Å². The molecule has 5 nitrogen and oxygen atoms in total. The first-order valence-electron chi connectivity index (χ1n) is 9.62. The average molecular weight is 381 g/mol. The van der Waals surface area contributed by atoms with Crippen molar-refractivity contribution in [1.82, 2.24) is 10.2 Å². The predicted molar refractivity (Wildman–Crippen MR) is 103 cm³/mol. The van der Waals surface area contributed by atoms with Crippen LogP contribution in [0, 0.1) is 0 Å². The Hall–Kier alpha value is -1.30. The highest BCUT2D eigenvalue weighted by Gasteiger charge is 2.39. The van der Waals surface area contributed by atoms with Crippen LogP contribution in [0.3, 0.4) is 0 Å². The van der Waals surface area contributed by atoms with Gasteiger partial charge >= 0.3 is 0 Å². The van der Waals surface area contributed by atoms with Crippen LogP contribution in [0.25, 0.3) is 0 Å². The fourth-order valence-corrected chi connectivity index (χ4v) is 4.21. The minimum atomic E-state index is -0.583. The maximum absolute atomic E-state index is 12.6. The SMILES string of the molecule is C[C@H](Oc1ccccc1Cl)C(=O)NCC1(N2CCOCC2)CCCCC1. The van der Waals surface area contributed by atoms with Crippen LogP contribution in [-0.2, 0) is 9.53 Å². The molecule has 1 saturated carbocycles. The van der Waals surface area contributed by atoms with E-state index in [9.17, 15) is 4.79 Å². The number of para-hydroxylation sites is 1. The number of hydrogen-bond acceptors (Lipinski definition) is 4. The number of nitrogens with one attached hydrogen (secondary N) is 1. The highest BCUT2D eigenvalue weighted by Crippen LogP contribution is 2.34. The lowest BCUT2D eigenvalue weighted by Gasteiger charge is -2.48. The monoisotopic (exact) mass is 380 g/mol. The van der Waals surface area contributed by atoms with Crippen molar-refractivity contribution in [2.75, 3.05) is 32.8 Å². The van der Waals surface area contributed by atoms with E-state index in [1.165, 1.54) is 19.3 Å². The van der Waals surface area contributed by atoms with Crippen LogP contribution >= 0.6 is 11.6 Å². The van der Waals surface area contributed by atoms with Crippen molar-refractivity contribution in [3.8, 4) is 5.75 Å². The molecule has 1 aromatic carbocycles. The van der Waals surface area contributed by atoms with E-state index < -0.39 is 6.10 Å². The number of carbonyl (C=O) groups is 1. The van der Waals surface area contributed by atoms with Crippen molar-refractivity contribution in [3.05, 3.63) is 29.3 Å². The van der Waals surface area contributed by atoms with E-state index in [2.05, 4.69) is 10.2 Å². The fraction of sp³-hybridized carbons (Fsp3) is 0.650. The number of amides is 1. The highest BCUT2D eigenvalue weighted by molar-refractivity contribution is 6.32. The van der Waals surface area contributed by atoms with Gasteiger partial charge in [0.05, 0.1) is 18.2 Å². The van der Waals surface area contributed by atoms with E-state index in [0.717, 1.165) is 39.1 Å². The molecule has 1 atom stereocenters. The minimum absolute atomic E-state index is 0.0573. The standard InChI is InChI=1S/C20H29ClN2O3/c1-16(26-18-8-4-3-7-17(18)21)19(24)22-15-20(9-5-2-6-10-20)23-11-13-25-14-12-23/h3-4,7-8,16H,2,5-6,9-15H2,1H3,(H,22,24)/t16-/m0/s1. The first-order chi connectivity index (χ1) is 12.6. The number of carbonyl (C=O) groups excluding carboxylic acids is 1. The maximum Gasteiger partial charge on any atom is 0.260 e. The van der Waals surface area contributed by atoms with Gasteiger partial charge in [0.1, 0.15) is 5.75 Å². The van der Waals surface area contributed by atoms with E-state index in [4.69, 9.17) is 21.1 Å². The Labute approximate surface area is 161 Å². The number of ether oxygens (including phenoxy) is 2. The van der Waals surface area contributed by atoms with E-state index >= 15 is 0 Å². The van der Waals surface area contributed by atoms with Gasteiger partial charge in [0.15, 0.2) is 6.10 Å². The zero-order chi connectivity index (χ0) is 18.4. The second kappa shape index (κ2) is 9.07. The lowest BCUT2D eigenvalue weighted by atomic mass is 9.79. The third kappa shape index (κ3) is 4.70. The molecule has 0 aromatic heterocycles. The molecule has 1 aliphatic carbocycles. The maximum atomic E-state index is 12.6. The predicted octanol–water partition coefficient (Wildman–Crippen LogP) is 3.26. The normalized spacial score (nSPS) is 21.8. The van der Waals surface area contributed by atoms with E-state index in [1.807, 2.05) is 12.1 Å². The molecule has 1 aliphatic heterocycles. The smallest absolute Gasteiger partial charge is 0.260 e. The lowest BCUT2D eigenvalue weighted by Crippen LogP contribution is -2.60. The van der Waals surface area contributed by atoms with E-state index in [-0.39, 0.29) is 11.4 Å². The highest BCUT2D eigenvalue weighted by atomic mass is 35.5. The average Bonchev–Trinajstić information content (AvgIpc) is 2.69. The van der Waals surface area contributed by atoms with Crippen LogP contribution in [-0.4, -0.2) is 55.3 Å². The third-order valence-corrected chi connectivity index (χ3v) is 5.88. The summed E-state index contributed by atoms with van der Waals surface area (Å²) in [6, 6.07) is 7.23. The quantitative estimate of drug-likeness (QED) is 0.823. The van der Waals surface area contributed by atoms with Crippen LogP contribution < -0.4 is 10.1 Å². The number of morpholine rings is 1. The van der Waals surface area contributed by atoms with Crippen molar-refractivity contribution in [2.45, 2.75) is 50.7 Å². The Morgan fingerprint density at radius 3 is 2.65 bits per heavy atom. The number of rotatable bonds is 6. The van der Waals surface area contributed by atoms with Crippen molar-refractivity contribution in [3.63, 3.8) is 0 Å². The van der Waals surface area contributed by atoms with Gasteiger partial charge in [-0.3, -0.25) is 9.69 Å². The Morgan fingerprint density at radius 2 is 1.96 bits per heavy atom. The molecule has 1 heterocycles. The first kappa shape index (κ1) is 19.5. The summed E-state index contributed by atoms with van der Waals surface area (Å²) in [5, 5.41) is 3.66. The molecule has 0 spiro atoms. The zero-order valence-electron chi connectivity index (χ0n) is 15.5. The number of halogens is 1. The lowest BCUT2D eigenvalue weighted by molar-refractivity contribution is -0.128. The molecular formula is C20H29ClN2O3. The van der Waals surface area contributed by atoms with Gasteiger partial charge in [0, 0.05) is 25.2 Å². The topological polar surface area (TPSA) is 50.8 Å². The molecule has 144 valence electrons. The van der Waals surface area contributed by atoms with Gasteiger partial charge in [0.2, 0.25) is 0 Å². The summed E-state index contributed by atoms with van der Waals surface area (Å²) in [6.07, 6.45) is 5.41. The molecule has 1 N–H and O–H groups in total. The van der Waals surface area contributed by atoms with Crippen LogP contribution in [0.2, 0.25) is 5.02 Å². The van der Waals surface area contributed by atoms with Crippen molar-refractivity contribution < 1.29 is 14.3 Å². The summed E-state index contributed by atoms with van der Waals surface area (Å²) in [5.41, 5.74) is 0.0573. The van der Waals surface area contributed by atoms with E-state index in [0.29, 0.717) is 17.3 Å². The third-order valence-electron chi connectivity index (χ3n) is 5.57. The number of benzene rings is 1. The van der Waals surface area contributed by atoms with Gasteiger partial charge < -0.3 is 14.8 Å². The Morgan fingerprint density at radius 1 is 1.27 bits per heavy atom. The zero-order valence-corrected chi connectivity index (χ0v) is 16.3. The van der Waals surface area contributed by atoms with Gasteiger partial charge in [-0.05, 0) is 31.9 Å². The summed E-state index contributed by atoms with van der Waals surface area (Å²) in [6.45, 7) is 5.88. The summed E-state index contributed by atoms with van der Waals surface area (Å²) in [4.78, 5) is 15.1. The molecule has 0 unspecified atom stereocenters. The van der Waals surface area contributed by atoms with E-state index in [1.54, 1.807) is 19.1 Å². The molecule has 1 saturated heterocycles. The first-order valence-corrected chi connectivity index (χ1v) is 10.0. The summed E-state index contributed by atoms with van der Waals surface area (Å²) >= 11 is 6.12. The molecule has 1 amide bonds. The summed E-state index contributed by atoms with van der Waals surface area (Å²) in [7, 11) is 0. The molecule has 2 fully saturated rings. The Kier molecular flexibility index (Phi) is 6.79.